The van der Waals surface area contributed by atoms with Crippen molar-refractivity contribution in [3.63, 3.8) is 0 Å². The van der Waals surface area contributed by atoms with E-state index in [2.05, 4.69) is 27.7 Å². The minimum atomic E-state index is 0.0566. The van der Waals surface area contributed by atoms with Crippen LogP contribution in [-0.4, -0.2) is 12.5 Å². The second-order valence-electron chi connectivity index (χ2n) is 6.52. The Balaban J connectivity index is 2.31. The number of nitrogens with two attached hydrogens (primary N) is 1. The van der Waals surface area contributed by atoms with Crippen LogP contribution in [0.25, 0.3) is 0 Å². The van der Waals surface area contributed by atoms with E-state index in [9.17, 15) is 4.79 Å². The number of benzene rings is 1. The van der Waals surface area contributed by atoms with Crippen molar-refractivity contribution in [1.82, 2.24) is 0 Å². The van der Waals surface area contributed by atoms with Crippen LogP contribution in [0.2, 0.25) is 0 Å². The SMILES string of the molecule is CCN(C(=O)C1C(C)(C)C1(C)C)c1ccccc1N. The van der Waals surface area contributed by atoms with Gasteiger partial charge in [0.1, 0.15) is 0 Å². The molecule has 0 radical (unpaired) electrons. The van der Waals surface area contributed by atoms with Crippen LogP contribution in [-0.2, 0) is 4.79 Å². The number of hydrogen-bond donors (Lipinski definition) is 1. The van der Waals surface area contributed by atoms with Gasteiger partial charge in [0.15, 0.2) is 0 Å². The maximum Gasteiger partial charge on any atom is 0.231 e. The standard InChI is InChI=1S/C16H24N2O/c1-6-18(12-10-8-7-9-11(12)17)14(19)13-15(2,3)16(13,4)5/h7-10,13H,6,17H2,1-5H3. The summed E-state index contributed by atoms with van der Waals surface area (Å²) in [5, 5.41) is 0. The largest absolute Gasteiger partial charge is 0.397 e. The van der Waals surface area contributed by atoms with Crippen LogP contribution in [0.3, 0.4) is 0 Å². The molecule has 1 fully saturated rings. The molecule has 0 saturated heterocycles. The van der Waals surface area contributed by atoms with E-state index in [4.69, 9.17) is 5.73 Å². The molecule has 0 unspecified atom stereocenters. The van der Waals surface area contributed by atoms with Crippen LogP contribution >= 0.6 is 0 Å². The summed E-state index contributed by atoms with van der Waals surface area (Å²) >= 11 is 0. The molecule has 0 spiro atoms. The first-order valence-electron chi connectivity index (χ1n) is 6.91. The van der Waals surface area contributed by atoms with Gasteiger partial charge in [-0.25, -0.2) is 0 Å². The first-order valence-corrected chi connectivity index (χ1v) is 6.91. The van der Waals surface area contributed by atoms with E-state index in [-0.39, 0.29) is 22.7 Å². The van der Waals surface area contributed by atoms with Gasteiger partial charge in [0.05, 0.1) is 11.4 Å². The second-order valence-corrected chi connectivity index (χ2v) is 6.52. The number of carbonyl (C=O) groups is 1. The molecule has 2 rings (SSSR count). The average Bonchev–Trinajstić information content (AvgIpc) is 2.73. The molecule has 1 aliphatic rings. The van der Waals surface area contributed by atoms with E-state index >= 15 is 0 Å². The number of carbonyl (C=O) groups excluding carboxylic acids is 1. The molecule has 0 aliphatic heterocycles. The summed E-state index contributed by atoms with van der Waals surface area (Å²) in [4.78, 5) is 14.6. The van der Waals surface area contributed by atoms with Crippen LogP contribution in [0, 0.1) is 16.7 Å². The molecule has 2 N–H and O–H groups in total. The summed E-state index contributed by atoms with van der Waals surface area (Å²) < 4.78 is 0. The molecule has 0 bridgehead atoms. The Morgan fingerprint density at radius 2 is 1.74 bits per heavy atom. The third kappa shape index (κ3) is 1.92. The molecule has 1 saturated carbocycles. The molecular weight excluding hydrogens is 236 g/mol. The fourth-order valence-electron chi connectivity index (χ4n) is 3.15. The molecule has 1 amide bonds. The lowest BCUT2D eigenvalue weighted by Gasteiger charge is -2.23. The Kier molecular flexibility index (Phi) is 3.12. The van der Waals surface area contributed by atoms with Crippen LogP contribution < -0.4 is 10.6 Å². The summed E-state index contributed by atoms with van der Waals surface area (Å²) in [7, 11) is 0. The number of nitrogen functional groups attached to an aromatic ring is 1. The van der Waals surface area contributed by atoms with Gasteiger partial charge in [-0.2, -0.15) is 0 Å². The molecule has 0 atom stereocenters. The molecule has 104 valence electrons. The molecule has 1 aromatic carbocycles. The fourth-order valence-corrected chi connectivity index (χ4v) is 3.15. The quantitative estimate of drug-likeness (QED) is 0.848. The van der Waals surface area contributed by atoms with Crippen LogP contribution in [0.5, 0.6) is 0 Å². The van der Waals surface area contributed by atoms with Gasteiger partial charge in [0.2, 0.25) is 5.91 Å². The summed E-state index contributed by atoms with van der Waals surface area (Å²) in [6, 6.07) is 7.57. The smallest absolute Gasteiger partial charge is 0.231 e. The van der Waals surface area contributed by atoms with E-state index in [0.29, 0.717) is 12.2 Å². The van der Waals surface area contributed by atoms with E-state index in [1.165, 1.54) is 0 Å². The van der Waals surface area contributed by atoms with Gasteiger partial charge in [0, 0.05) is 12.5 Å². The minimum absolute atomic E-state index is 0.0566. The van der Waals surface area contributed by atoms with Crippen LogP contribution in [0.1, 0.15) is 34.6 Å². The summed E-state index contributed by atoms with van der Waals surface area (Å²) in [5.41, 5.74) is 7.60. The molecule has 0 heterocycles. The maximum atomic E-state index is 12.8. The number of amides is 1. The first-order chi connectivity index (χ1) is 8.75. The van der Waals surface area contributed by atoms with Crippen molar-refractivity contribution in [2.24, 2.45) is 16.7 Å². The first kappa shape index (κ1) is 13.9. The zero-order valence-corrected chi connectivity index (χ0v) is 12.5. The van der Waals surface area contributed by atoms with Gasteiger partial charge in [-0.15, -0.1) is 0 Å². The molecule has 3 nitrogen and oxygen atoms in total. The van der Waals surface area contributed by atoms with Crippen molar-refractivity contribution in [3.8, 4) is 0 Å². The Hall–Kier alpha value is -1.51. The number of anilines is 2. The van der Waals surface area contributed by atoms with E-state index in [1.807, 2.05) is 36.1 Å². The third-order valence-electron chi connectivity index (χ3n) is 5.08. The minimum Gasteiger partial charge on any atom is -0.397 e. The highest BCUT2D eigenvalue weighted by Gasteiger charge is 2.68. The van der Waals surface area contributed by atoms with Gasteiger partial charge >= 0.3 is 0 Å². The predicted octanol–water partition coefficient (Wildman–Crippen LogP) is 3.30. The van der Waals surface area contributed by atoms with Crippen molar-refractivity contribution in [3.05, 3.63) is 24.3 Å². The predicted molar refractivity (Wildman–Crippen MR) is 79.9 cm³/mol. The Labute approximate surface area is 115 Å². The maximum absolute atomic E-state index is 12.8. The Morgan fingerprint density at radius 3 is 2.16 bits per heavy atom. The van der Waals surface area contributed by atoms with E-state index in [1.54, 1.807) is 0 Å². The fraction of sp³-hybridized carbons (Fsp3) is 0.562. The summed E-state index contributed by atoms with van der Waals surface area (Å²) in [6.45, 7) is 11.3. The third-order valence-corrected chi connectivity index (χ3v) is 5.08. The lowest BCUT2D eigenvalue weighted by Crippen LogP contribution is -2.34. The monoisotopic (exact) mass is 260 g/mol. The van der Waals surface area contributed by atoms with Crippen molar-refractivity contribution in [1.29, 1.82) is 0 Å². The lowest BCUT2D eigenvalue weighted by molar-refractivity contribution is -0.120. The topological polar surface area (TPSA) is 46.3 Å². The molecule has 19 heavy (non-hydrogen) atoms. The van der Waals surface area contributed by atoms with Crippen LogP contribution in [0.15, 0.2) is 24.3 Å². The molecule has 0 aromatic heterocycles. The second kappa shape index (κ2) is 4.26. The van der Waals surface area contributed by atoms with Gasteiger partial charge in [-0.1, -0.05) is 39.8 Å². The molecule has 1 aliphatic carbocycles. The van der Waals surface area contributed by atoms with Crippen molar-refractivity contribution in [2.75, 3.05) is 17.2 Å². The highest BCUT2D eigenvalue weighted by atomic mass is 16.2. The summed E-state index contributed by atoms with van der Waals surface area (Å²) in [5.74, 6) is 0.259. The van der Waals surface area contributed by atoms with Crippen molar-refractivity contribution >= 4 is 17.3 Å². The lowest BCUT2D eigenvalue weighted by atomic mass is 10.0. The zero-order valence-electron chi connectivity index (χ0n) is 12.5. The Bertz CT molecular complexity index is 491. The Morgan fingerprint density at radius 1 is 1.21 bits per heavy atom. The van der Waals surface area contributed by atoms with E-state index < -0.39 is 0 Å². The average molecular weight is 260 g/mol. The number of para-hydroxylation sites is 2. The zero-order chi connectivity index (χ0) is 14.4. The highest BCUT2D eigenvalue weighted by Crippen LogP contribution is 2.68. The van der Waals surface area contributed by atoms with Crippen molar-refractivity contribution < 1.29 is 4.79 Å². The normalized spacial score (nSPS) is 20.1. The van der Waals surface area contributed by atoms with E-state index in [0.717, 1.165) is 5.69 Å². The van der Waals surface area contributed by atoms with Gasteiger partial charge < -0.3 is 10.6 Å². The van der Waals surface area contributed by atoms with Crippen molar-refractivity contribution in [2.45, 2.75) is 34.6 Å². The number of hydrogen-bond acceptors (Lipinski definition) is 2. The molecular formula is C16H24N2O. The molecule has 3 heteroatoms. The van der Waals surface area contributed by atoms with Gasteiger partial charge in [0.25, 0.3) is 0 Å². The van der Waals surface area contributed by atoms with Gasteiger partial charge in [-0.05, 0) is 29.9 Å². The number of rotatable bonds is 3. The van der Waals surface area contributed by atoms with Gasteiger partial charge in [-0.3, -0.25) is 4.79 Å². The van der Waals surface area contributed by atoms with Crippen LogP contribution in [0.4, 0.5) is 11.4 Å². The number of nitrogens with zero attached hydrogens (tertiary/aromatic N) is 1. The summed E-state index contributed by atoms with van der Waals surface area (Å²) in [6.07, 6.45) is 0. The highest BCUT2D eigenvalue weighted by molar-refractivity contribution is 6.00. The molecule has 1 aromatic rings.